The zero-order chi connectivity index (χ0) is 57.5. The van der Waals surface area contributed by atoms with E-state index in [1.807, 2.05) is 0 Å². The van der Waals surface area contributed by atoms with Crippen molar-refractivity contribution in [3.63, 3.8) is 0 Å². The molecule has 14 nitrogen and oxygen atoms in total. The molecule has 0 saturated carbocycles. The zero-order valence-corrected chi connectivity index (χ0v) is 53.1. The van der Waals surface area contributed by atoms with Crippen molar-refractivity contribution in [1.82, 2.24) is 0 Å². The van der Waals surface area contributed by atoms with Crippen LogP contribution >= 0.6 is 0 Å². The minimum absolute atomic E-state index is 0. The van der Waals surface area contributed by atoms with Crippen LogP contribution in [0.1, 0.15) is 313 Å². The molecule has 0 aliphatic heterocycles. The van der Waals surface area contributed by atoms with Gasteiger partial charge >= 0.3 is 61.6 Å². The Morgan fingerprint density at radius 3 is 0.722 bits per heavy atom. The van der Waals surface area contributed by atoms with Gasteiger partial charge in [0.2, 0.25) is 0 Å². The van der Waals surface area contributed by atoms with Crippen molar-refractivity contribution in [2.24, 2.45) is 0 Å². The molecule has 0 amide bonds. The van der Waals surface area contributed by atoms with Crippen molar-refractivity contribution in [2.45, 2.75) is 283 Å². The van der Waals surface area contributed by atoms with Gasteiger partial charge in [-0.15, -0.1) is 0 Å². The van der Waals surface area contributed by atoms with E-state index in [1.54, 1.807) is 12.1 Å². The molecule has 17 heteroatoms. The molecule has 2 aromatic rings. The molecule has 2 rings (SSSR count). The molecule has 0 aliphatic rings. The first-order chi connectivity index (χ1) is 37.6. The molecule has 79 heavy (non-hydrogen) atoms. The molecule has 2 atom stereocenters. The van der Waals surface area contributed by atoms with E-state index in [0.717, 1.165) is 38.5 Å². The molecule has 0 bridgehead atoms. The molecule has 0 fully saturated rings. The second-order valence-corrected chi connectivity index (χ2v) is 23.9. The quantitative estimate of drug-likeness (QED) is 0.0198. The first-order valence-electron chi connectivity index (χ1n) is 30.5. The summed E-state index contributed by atoms with van der Waals surface area (Å²) >= 11 is 0. The van der Waals surface area contributed by atoms with Crippen molar-refractivity contribution >= 4 is 81.9 Å². The van der Waals surface area contributed by atoms with E-state index < -0.39 is 55.0 Å². The maximum absolute atomic E-state index is 12.5. The van der Waals surface area contributed by atoms with Crippen LogP contribution in [0.2, 0.25) is 0 Å². The fourth-order valence-corrected chi connectivity index (χ4v) is 10.5. The number of rotatable bonds is 48. The van der Waals surface area contributed by atoms with Crippen molar-refractivity contribution in [2.75, 3.05) is 13.2 Å². The second-order valence-electron chi connectivity index (χ2n) is 20.9. The molecule has 0 N–H and O–H groups in total. The third-order valence-electron chi connectivity index (χ3n) is 14.0. The summed E-state index contributed by atoms with van der Waals surface area (Å²) in [5.41, 5.74) is -3.86. The molecule has 2 unspecified atom stereocenters. The molecule has 0 saturated heterocycles. The monoisotopic (exact) mass is 1170 g/mol. The van der Waals surface area contributed by atoms with E-state index in [1.165, 1.54) is 243 Å². The number of carbonyl (C=O) groups is 4. The predicted octanol–water partition coefficient (Wildman–Crippen LogP) is 16.3. The summed E-state index contributed by atoms with van der Waals surface area (Å²) in [5.74, 6) is -3.43. The molecule has 0 radical (unpaired) electrons. The summed E-state index contributed by atoms with van der Waals surface area (Å²) in [6, 6.07) is 11.7. The van der Waals surface area contributed by atoms with Gasteiger partial charge in [-0.25, -0.2) is 36.0 Å². The Labute approximate surface area is 508 Å². The Kier molecular flexibility index (Phi) is 48.3. The minimum atomic E-state index is -4.80. The van der Waals surface area contributed by atoms with E-state index in [2.05, 4.69) is 13.8 Å². The van der Waals surface area contributed by atoms with Gasteiger partial charge in [-0.05, 0) is 49.9 Å². The van der Waals surface area contributed by atoms with Crippen LogP contribution in [0.25, 0.3) is 0 Å². The Morgan fingerprint density at radius 1 is 0.342 bits per heavy atom. The molecular formula is C62H102CaO14S2. The molecule has 448 valence electrons. The van der Waals surface area contributed by atoms with Crippen LogP contribution in [0.3, 0.4) is 0 Å². The van der Waals surface area contributed by atoms with Gasteiger partial charge in [0.15, 0.2) is 10.9 Å². The van der Waals surface area contributed by atoms with Crippen LogP contribution in [-0.2, 0) is 39.2 Å². The number of hydrogen-bond donors (Lipinski definition) is 0. The van der Waals surface area contributed by atoms with Gasteiger partial charge in [0.1, 0.15) is 20.2 Å². The maximum Gasteiger partial charge on any atom is 2.00 e. The smallest absolute Gasteiger partial charge is 0.745 e. The predicted molar refractivity (Wildman–Crippen MR) is 315 cm³/mol. The van der Waals surface area contributed by atoms with Gasteiger partial charge in [-0.2, -0.15) is 0 Å². The summed E-state index contributed by atoms with van der Waals surface area (Å²) < 4.78 is 87.6. The van der Waals surface area contributed by atoms with E-state index >= 15 is 0 Å². The van der Waals surface area contributed by atoms with Crippen molar-refractivity contribution in [3.05, 3.63) is 70.8 Å². The topological polar surface area (TPSA) is 220 Å². The summed E-state index contributed by atoms with van der Waals surface area (Å²) in [5, 5.41) is 0. The van der Waals surface area contributed by atoms with Crippen LogP contribution in [-0.4, -0.2) is 112 Å². The molecule has 0 aliphatic carbocycles. The number of hydrogen-bond acceptors (Lipinski definition) is 14. The third kappa shape index (κ3) is 39.5. The third-order valence-corrected chi connectivity index (χ3v) is 16.1. The van der Waals surface area contributed by atoms with Gasteiger partial charge in [-0.1, -0.05) is 270 Å². The summed E-state index contributed by atoms with van der Waals surface area (Å²) in [6.07, 6.45) is 45.7. The van der Waals surface area contributed by atoms with Crippen LogP contribution in [0, 0.1) is 0 Å². The maximum atomic E-state index is 12.5. The van der Waals surface area contributed by atoms with Crippen LogP contribution < -0.4 is 0 Å². The summed E-state index contributed by atoms with van der Waals surface area (Å²) in [6.45, 7) is 7.86. The van der Waals surface area contributed by atoms with Crippen molar-refractivity contribution in [1.29, 1.82) is 0 Å². The Morgan fingerprint density at radius 2 is 0.532 bits per heavy atom. The Bertz CT molecular complexity index is 1950. The average molecular weight is 1180 g/mol. The van der Waals surface area contributed by atoms with E-state index in [4.69, 9.17) is 18.9 Å². The molecule has 0 spiro atoms. The number of carbonyl (C=O) groups excluding carboxylic acids is 4. The minimum Gasteiger partial charge on any atom is -0.745 e. The second kappa shape index (κ2) is 50.0. The van der Waals surface area contributed by atoms with Gasteiger partial charge in [-0.3, -0.25) is 0 Å². The normalized spacial score (nSPS) is 12.1. The number of ether oxygens (including phenoxy) is 4. The Hall–Kier alpha value is -2.60. The van der Waals surface area contributed by atoms with Gasteiger partial charge in [0.05, 0.1) is 35.5 Å². The Balaban J connectivity index is 0.00000152. The van der Waals surface area contributed by atoms with Crippen LogP contribution in [0.4, 0.5) is 0 Å². The number of unbranched alkanes of at least 4 members (excludes halogenated alkanes) is 34. The van der Waals surface area contributed by atoms with Crippen molar-refractivity contribution in [3.8, 4) is 0 Å². The van der Waals surface area contributed by atoms with Crippen molar-refractivity contribution < 1.29 is 64.1 Å². The fraction of sp³-hybridized carbons (Fsp3) is 0.742. The van der Waals surface area contributed by atoms with Gasteiger partial charge < -0.3 is 28.1 Å². The first-order valence-corrected chi connectivity index (χ1v) is 33.4. The molecule has 0 aromatic heterocycles. The average Bonchev–Trinajstić information content (AvgIpc) is 3.42. The van der Waals surface area contributed by atoms with Gasteiger partial charge in [0, 0.05) is 0 Å². The summed E-state index contributed by atoms with van der Waals surface area (Å²) in [7, 11) is -9.60. The van der Waals surface area contributed by atoms with E-state index in [0.29, 0.717) is 0 Å². The van der Waals surface area contributed by atoms with Crippen LogP contribution in [0.5, 0.6) is 0 Å². The van der Waals surface area contributed by atoms with E-state index in [9.17, 15) is 45.1 Å². The standard InChI is InChI=1S/2C31H52O7S.Ca/c2*1-3-5-6-7-8-9-10-11-12-13-14-15-16-17-18-19-20-23-26-37-30(32)27-24-21-22-25-28(27)31(33)38-29(4-2)39(34,35)36;/h2*21-22,24-25,29H,3-20,23,26H2,1-2H3,(H,34,35,36);/q;;+2/p-2. The molecule has 2 aromatic carbocycles. The summed E-state index contributed by atoms with van der Waals surface area (Å²) in [4.78, 5) is 49.8. The van der Waals surface area contributed by atoms with Crippen LogP contribution in [0.15, 0.2) is 48.5 Å². The van der Waals surface area contributed by atoms with Gasteiger partial charge in [0.25, 0.3) is 0 Å². The van der Waals surface area contributed by atoms with E-state index in [-0.39, 0.29) is 86.0 Å². The SMILES string of the molecule is CCCCCCCCCCCCCCCCCCCCOC(=O)c1ccccc1C(=O)OC(CC)S(=O)(=O)[O-].CCCCCCCCCCCCCCCCCCCCOC(=O)c1ccccc1C(=O)OC(CC)S(=O)(=O)[O-].[Ca+2]. The largest absolute Gasteiger partial charge is 2.00 e. The number of esters is 4. The first kappa shape index (κ1) is 76.4. The zero-order valence-electron chi connectivity index (χ0n) is 49.3. The fourth-order valence-electron chi connectivity index (χ4n) is 9.23. The molecular weight excluding hydrogens is 1070 g/mol. The molecule has 0 heterocycles. The number of benzene rings is 2.